The third-order valence-electron chi connectivity index (χ3n) is 4.12. The molecule has 0 bridgehead atoms. The summed E-state index contributed by atoms with van der Waals surface area (Å²) in [7, 11) is -3.96. The van der Waals surface area contributed by atoms with Gasteiger partial charge in [-0.3, -0.25) is 4.79 Å². The zero-order valence-corrected chi connectivity index (χ0v) is 15.2. The molecular formula is C16H18N2O5S2. The largest absolute Gasteiger partial charge is 0.480 e. The number of carboxylic acids is 1. The molecule has 1 aliphatic heterocycles. The van der Waals surface area contributed by atoms with Crippen molar-refractivity contribution in [1.82, 2.24) is 9.71 Å². The summed E-state index contributed by atoms with van der Waals surface area (Å²) in [5.41, 5.74) is 0.194. The second-order valence-corrected chi connectivity index (χ2v) is 8.46. The maximum atomic E-state index is 12.6. The third-order valence-corrected chi connectivity index (χ3v) is 6.68. The minimum absolute atomic E-state index is 0.0247. The zero-order valence-electron chi connectivity index (χ0n) is 13.6. The van der Waals surface area contributed by atoms with Crippen molar-refractivity contribution in [3.63, 3.8) is 0 Å². The average Bonchev–Trinajstić information content (AvgIpc) is 3.02. The number of aromatic nitrogens is 1. The second-order valence-electron chi connectivity index (χ2n) is 5.92. The van der Waals surface area contributed by atoms with E-state index in [1.54, 1.807) is 12.1 Å². The highest BCUT2D eigenvalue weighted by Crippen LogP contribution is 2.27. The first kappa shape index (κ1) is 18.0. The minimum Gasteiger partial charge on any atom is -0.480 e. The van der Waals surface area contributed by atoms with Gasteiger partial charge < -0.3 is 9.84 Å². The van der Waals surface area contributed by atoms with Gasteiger partial charge in [-0.05, 0) is 19.1 Å². The number of aryl methyl sites for hydroxylation is 1. The molecule has 7 nitrogen and oxygen atoms in total. The number of carboxylic acid groups (broad SMARTS) is 1. The monoisotopic (exact) mass is 382 g/mol. The van der Waals surface area contributed by atoms with Gasteiger partial charge >= 0.3 is 5.97 Å². The number of hydrogen-bond donors (Lipinski definition) is 2. The Labute approximate surface area is 149 Å². The quantitative estimate of drug-likeness (QED) is 0.820. The molecule has 0 unspecified atom stereocenters. The van der Waals surface area contributed by atoms with Crippen LogP contribution in [0.15, 0.2) is 34.5 Å². The van der Waals surface area contributed by atoms with E-state index in [0.717, 1.165) is 16.3 Å². The van der Waals surface area contributed by atoms with Gasteiger partial charge in [0.2, 0.25) is 10.0 Å². The molecule has 1 aliphatic rings. The Morgan fingerprint density at radius 2 is 1.92 bits per heavy atom. The number of nitrogens with zero attached hydrogens (tertiary/aromatic N) is 1. The van der Waals surface area contributed by atoms with Crippen LogP contribution in [0.4, 0.5) is 0 Å². The summed E-state index contributed by atoms with van der Waals surface area (Å²) < 4.78 is 32.8. The van der Waals surface area contributed by atoms with Crippen molar-refractivity contribution in [2.24, 2.45) is 0 Å². The van der Waals surface area contributed by atoms with Crippen LogP contribution in [0.5, 0.6) is 0 Å². The van der Waals surface area contributed by atoms with Crippen LogP contribution in [-0.4, -0.2) is 43.2 Å². The SMILES string of the molecule is Cc1csc(-c2ccc(S(=O)(=O)NC3(C(=O)O)CCOCC3)cc2)n1. The number of ether oxygens (including phenoxy) is 1. The first-order chi connectivity index (χ1) is 11.8. The molecule has 2 aromatic rings. The lowest BCUT2D eigenvalue weighted by Gasteiger charge is -2.33. The Morgan fingerprint density at radius 1 is 1.28 bits per heavy atom. The van der Waals surface area contributed by atoms with E-state index in [-0.39, 0.29) is 31.0 Å². The van der Waals surface area contributed by atoms with Gasteiger partial charge in [0.1, 0.15) is 10.5 Å². The summed E-state index contributed by atoms with van der Waals surface area (Å²) in [5, 5.41) is 12.2. The number of thiazole rings is 1. The fraction of sp³-hybridized carbons (Fsp3) is 0.375. The Morgan fingerprint density at radius 3 is 2.44 bits per heavy atom. The molecule has 3 rings (SSSR count). The predicted molar refractivity (Wildman–Crippen MR) is 93.0 cm³/mol. The molecule has 1 saturated heterocycles. The van der Waals surface area contributed by atoms with Gasteiger partial charge in [0.15, 0.2) is 0 Å². The predicted octanol–water partition coefficient (Wildman–Crippen LogP) is 2.03. The van der Waals surface area contributed by atoms with Crippen LogP contribution in [0.2, 0.25) is 0 Å². The van der Waals surface area contributed by atoms with Gasteiger partial charge in [-0.1, -0.05) is 12.1 Å². The molecule has 0 radical (unpaired) electrons. The Bertz CT molecular complexity index is 868. The molecule has 1 fully saturated rings. The first-order valence-corrected chi connectivity index (χ1v) is 10.1. The summed E-state index contributed by atoms with van der Waals surface area (Å²) in [4.78, 5) is 16.0. The van der Waals surface area contributed by atoms with E-state index in [1.165, 1.54) is 23.5 Å². The van der Waals surface area contributed by atoms with Gasteiger partial charge in [0, 0.05) is 42.7 Å². The number of nitrogens with one attached hydrogen (secondary N) is 1. The Balaban J connectivity index is 1.85. The van der Waals surface area contributed by atoms with E-state index in [4.69, 9.17) is 4.74 Å². The second kappa shape index (κ2) is 6.83. The highest BCUT2D eigenvalue weighted by atomic mass is 32.2. The van der Waals surface area contributed by atoms with E-state index in [2.05, 4.69) is 9.71 Å². The van der Waals surface area contributed by atoms with Gasteiger partial charge in [-0.2, -0.15) is 4.72 Å². The fourth-order valence-corrected chi connectivity index (χ4v) is 4.88. The molecule has 1 aromatic heterocycles. The molecule has 1 aromatic carbocycles. The lowest BCUT2D eigenvalue weighted by atomic mass is 9.92. The van der Waals surface area contributed by atoms with Crippen LogP contribution in [0.25, 0.3) is 10.6 Å². The molecule has 0 atom stereocenters. The third kappa shape index (κ3) is 3.74. The van der Waals surface area contributed by atoms with Crippen LogP contribution >= 0.6 is 11.3 Å². The van der Waals surface area contributed by atoms with Crippen molar-refractivity contribution < 1.29 is 23.1 Å². The topological polar surface area (TPSA) is 106 Å². The molecular weight excluding hydrogens is 364 g/mol. The summed E-state index contributed by atoms with van der Waals surface area (Å²) in [6.07, 6.45) is 0.191. The smallest absolute Gasteiger partial charge is 0.325 e. The molecule has 0 spiro atoms. The molecule has 9 heteroatoms. The standard InChI is InChI=1S/C16H18N2O5S2/c1-11-10-24-14(17-11)12-2-4-13(5-3-12)25(21,22)18-16(15(19)20)6-8-23-9-7-16/h2-5,10,18H,6-9H2,1H3,(H,19,20). The summed E-state index contributed by atoms with van der Waals surface area (Å²) >= 11 is 1.48. The number of sulfonamides is 1. The number of carbonyl (C=O) groups is 1. The summed E-state index contributed by atoms with van der Waals surface area (Å²) in [6, 6.07) is 6.26. The molecule has 0 amide bonds. The molecule has 2 N–H and O–H groups in total. The van der Waals surface area contributed by atoms with Crippen LogP contribution in [0, 0.1) is 6.92 Å². The normalized spacial score (nSPS) is 17.3. The molecule has 0 saturated carbocycles. The van der Waals surface area contributed by atoms with Crippen LogP contribution in [-0.2, 0) is 19.6 Å². The Hall–Kier alpha value is -1.81. The lowest BCUT2D eigenvalue weighted by Crippen LogP contribution is -2.57. The Kier molecular flexibility index (Phi) is 4.92. The van der Waals surface area contributed by atoms with E-state index in [0.29, 0.717) is 0 Å². The maximum absolute atomic E-state index is 12.6. The van der Waals surface area contributed by atoms with Crippen LogP contribution in [0.1, 0.15) is 18.5 Å². The van der Waals surface area contributed by atoms with Crippen molar-refractivity contribution in [2.45, 2.75) is 30.2 Å². The number of benzene rings is 1. The highest BCUT2D eigenvalue weighted by molar-refractivity contribution is 7.89. The van der Waals surface area contributed by atoms with Gasteiger partial charge in [0.25, 0.3) is 0 Å². The summed E-state index contributed by atoms with van der Waals surface area (Å²) in [5.74, 6) is -1.19. The minimum atomic E-state index is -3.96. The molecule has 0 aliphatic carbocycles. The molecule has 134 valence electrons. The van der Waals surface area contributed by atoms with Gasteiger partial charge in [-0.25, -0.2) is 13.4 Å². The van der Waals surface area contributed by atoms with Crippen molar-refractivity contribution in [3.8, 4) is 10.6 Å². The maximum Gasteiger partial charge on any atom is 0.325 e. The fourth-order valence-electron chi connectivity index (χ4n) is 2.66. The lowest BCUT2D eigenvalue weighted by molar-refractivity contribution is -0.147. The van der Waals surface area contributed by atoms with Crippen LogP contribution < -0.4 is 4.72 Å². The number of hydrogen-bond acceptors (Lipinski definition) is 6. The first-order valence-electron chi connectivity index (χ1n) is 7.70. The van der Waals surface area contributed by atoms with E-state index < -0.39 is 21.5 Å². The zero-order chi connectivity index (χ0) is 18.1. The van der Waals surface area contributed by atoms with Gasteiger partial charge in [-0.15, -0.1) is 11.3 Å². The van der Waals surface area contributed by atoms with E-state index in [9.17, 15) is 18.3 Å². The van der Waals surface area contributed by atoms with Crippen molar-refractivity contribution in [3.05, 3.63) is 35.3 Å². The van der Waals surface area contributed by atoms with E-state index in [1.807, 2.05) is 12.3 Å². The van der Waals surface area contributed by atoms with Gasteiger partial charge in [0.05, 0.1) is 4.90 Å². The molecule has 25 heavy (non-hydrogen) atoms. The van der Waals surface area contributed by atoms with Crippen LogP contribution in [0.3, 0.4) is 0 Å². The van der Waals surface area contributed by atoms with Crippen molar-refractivity contribution in [2.75, 3.05) is 13.2 Å². The van der Waals surface area contributed by atoms with Crippen molar-refractivity contribution in [1.29, 1.82) is 0 Å². The summed E-state index contributed by atoms with van der Waals surface area (Å²) in [6.45, 7) is 2.30. The van der Waals surface area contributed by atoms with E-state index >= 15 is 0 Å². The average molecular weight is 382 g/mol. The number of aliphatic carboxylic acids is 1. The highest BCUT2D eigenvalue weighted by Gasteiger charge is 2.43. The number of rotatable bonds is 5. The molecule has 2 heterocycles. The van der Waals surface area contributed by atoms with Crippen molar-refractivity contribution >= 4 is 27.3 Å².